The Morgan fingerprint density at radius 1 is 1.00 bits per heavy atom. The zero-order chi connectivity index (χ0) is 13.4. The van der Waals surface area contributed by atoms with Gasteiger partial charge in [-0.3, -0.25) is 4.52 Å². The number of hydrogen-bond donors (Lipinski definition) is 2. The maximum Gasteiger partial charge on any atom is 0.470 e. The molecule has 0 aromatic heterocycles. The van der Waals surface area contributed by atoms with Crippen molar-refractivity contribution in [3.05, 3.63) is 0 Å². The normalized spacial score (nSPS) is 14.9. The molecular formula is C11H25O4P. The van der Waals surface area contributed by atoms with Crippen LogP contribution >= 0.6 is 7.82 Å². The van der Waals surface area contributed by atoms with Gasteiger partial charge < -0.3 is 9.79 Å². The van der Waals surface area contributed by atoms with E-state index < -0.39 is 13.4 Å². The second-order valence-electron chi connectivity index (χ2n) is 5.93. The van der Waals surface area contributed by atoms with Crippen molar-refractivity contribution in [2.75, 3.05) is 0 Å². The Labute approximate surface area is 98.6 Å². The average Bonchev–Trinajstić information content (AvgIpc) is 1.94. The van der Waals surface area contributed by atoms with Gasteiger partial charge in [0.25, 0.3) is 0 Å². The first-order valence-corrected chi connectivity index (χ1v) is 7.14. The largest absolute Gasteiger partial charge is 0.470 e. The van der Waals surface area contributed by atoms with Gasteiger partial charge in [0.15, 0.2) is 0 Å². The highest BCUT2D eigenvalue weighted by molar-refractivity contribution is 7.46. The van der Waals surface area contributed by atoms with E-state index in [1.165, 1.54) is 0 Å². The number of phosphoric acid groups is 1. The van der Waals surface area contributed by atoms with E-state index in [1.54, 1.807) is 0 Å². The number of rotatable bonds is 4. The zero-order valence-electron chi connectivity index (χ0n) is 11.3. The van der Waals surface area contributed by atoms with Gasteiger partial charge in [0.2, 0.25) is 0 Å². The van der Waals surface area contributed by atoms with Crippen molar-refractivity contribution in [2.45, 2.75) is 54.1 Å². The van der Waals surface area contributed by atoms with Gasteiger partial charge in [0.1, 0.15) is 0 Å². The van der Waals surface area contributed by atoms with E-state index in [1.807, 2.05) is 48.5 Å². The first-order valence-electron chi connectivity index (χ1n) is 5.61. The highest BCUT2D eigenvalue weighted by Gasteiger charge is 2.51. The molecule has 0 atom stereocenters. The smallest absolute Gasteiger partial charge is 0.303 e. The van der Waals surface area contributed by atoms with Crippen molar-refractivity contribution >= 4 is 7.82 Å². The second-order valence-corrected chi connectivity index (χ2v) is 7.10. The molecule has 0 saturated carbocycles. The molecule has 0 fully saturated rings. The lowest BCUT2D eigenvalue weighted by Crippen LogP contribution is -2.53. The molecule has 5 heteroatoms. The predicted octanol–water partition coefficient (Wildman–Crippen LogP) is 3.19. The molecule has 4 nitrogen and oxygen atoms in total. The third kappa shape index (κ3) is 3.30. The van der Waals surface area contributed by atoms with Crippen LogP contribution in [0.2, 0.25) is 0 Å². The van der Waals surface area contributed by atoms with Crippen LogP contribution in [0, 0.1) is 17.3 Å². The topological polar surface area (TPSA) is 66.8 Å². The van der Waals surface area contributed by atoms with Crippen molar-refractivity contribution in [3.8, 4) is 0 Å². The summed E-state index contributed by atoms with van der Waals surface area (Å²) in [6.07, 6.45) is 0. The molecule has 16 heavy (non-hydrogen) atoms. The van der Waals surface area contributed by atoms with Crippen molar-refractivity contribution in [1.29, 1.82) is 0 Å². The summed E-state index contributed by atoms with van der Waals surface area (Å²) in [5.41, 5.74) is -1.19. The van der Waals surface area contributed by atoms with Crippen LogP contribution < -0.4 is 0 Å². The molecule has 0 amide bonds. The summed E-state index contributed by atoms with van der Waals surface area (Å²) in [6, 6.07) is 0. The fourth-order valence-electron chi connectivity index (χ4n) is 2.94. The quantitative estimate of drug-likeness (QED) is 0.754. The maximum atomic E-state index is 11.2. The SMILES string of the molecule is CC(C)C(OP(=O)(O)O)(C(C)C)C(C)(C)C. The summed E-state index contributed by atoms with van der Waals surface area (Å²) >= 11 is 0. The minimum atomic E-state index is -4.49. The van der Waals surface area contributed by atoms with Crippen LogP contribution in [-0.2, 0) is 9.09 Å². The highest BCUT2D eigenvalue weighted by Crippen LogP contribution is 2.54. The molecular weight excluding hydrogens is 227 g/mol. The maximum absolute atomic E-state index is 11.2. The van der Waals surface area contributed by atoms with E-state index in [9.17, 15) is 4.57 Å². The van der Waals surface area contributed by atoms with Crippen molar-refractivity contribution < 1.29 is 18.9 Å². The average molecular weight is 252 g/mol. The standard InChI is InChI=1S/C11H25O4P/c1-8(2)11(9(3)4,10(5,6)7)15-16(12,13)14/h8-9H,1-7H3,(H2,12,13,14). The summed E-state index contributed by atoms with van der Waals surface area (Å²) in [5, 5.41) is 0. The Hall–Kier alpha value is 0.110. The van der Waals surface area contributed by atoms with E-state index in [2.05, 4.69) is 0 Å². The number of phosphoric ester groups is 1. The fraction of sp³-hybridized carbons (Fsp3) is 1.00. The van der Waals surface area contributed by atoms with Gasteiger partial charge in [-0.15, -0.1) is 0 Å². The lowest BCUT2D eigenvalue weighted by Gasteiger charge is -2.50. The van der Waals surface area contributed by atoms with Crippen LogP contribution in [0.25, 0.3) is 0 Å². The molecule has 0 bridgehead atoms. The van der Waals surface area contributed by atoms with E-state index in [0.29, 0.717) is 0 Å². The molecule has 0 aliphatic heterocycles. The Kier molecular flexibility index (Phi) is 4.80. The second kappa shape index (κ2) is 4.77. The monoisotopic (exact) mass is 252 g/mol. The minimum absolute atomic E-state index is 0.0140. The summed E-state index contributed by atoms with van der Waals surface area (Å²) in [6.45, 7) is 13.6. The van der Waals surface area contributed by atoms with Crippen LogP contribution in [0.5, 0.6) is 0 Å². The van der Waals surface area contributed by atoms with Crippen LogP contribution in [-0.4, -0.2) is 15.4 Å². The highest BCUT2D eigenvalue weighted by atomic mass is 31.2. The van der Waals surface area contributed by atoms with E-state index in [4.69, 9.17) is 14.3 Å². The summed E-state index contributed by atoms with van der Waals surface area (Å²) < 4.78 is 16.4. The van der Waals surface area contributed by atoms with E-state index in [-0.39, 0.29) is 17.3 Å². The third-order valence-corrected chi connectivity index (χ3v) is 3.70. The van der Waals surface area contributed by atoms with Gasteiger partial charge in [0.05, 0.1) is 5.60 Å². The summed E-state index contributed by atoms with van der Waals surface area (Å²) in [7, 11) is -4.49. The molecule has 0 aromatic rings. The van der Waals surface area contributed by atoms with Crippen molar-refractivity contribution in [2.24, 2.45) is 17.3 Å². The Balaban J connectivity index is 5.56. The van der Waals surface area contributed by atoms with Gasteiger partial charge in [-0.25, -0.2) is 4.57 Å². The Bertz CT molecular complexity index is 264. The Morgan fingerprint density at radius 3 is 1.38 bits per heavy atom. The predicted molar refractivity (Wildman–Crippen MR) is 65.0 cm³/mol. The first kappa shape index (κ1) is 16.1. The fourth-order valence-corrected chi connectivity index (χ4v) is 4.03. The van der Waals surface area contributed by atoms with Crippen molar-refractivity contribution in [1.82, 2.24) is 0 Å². The number of hydrogen-bond acceptors (Lipinski definition) is 2. The van der Waals surface area contributed by atoms with Gasteiger partial charge in [-0.05, 0) is 17.3 Å². The zero-order valence-corrected chi connectivity index (χ0v) is 12.2. The molecule has 0 radical (unpaired) electrons. The van der Waals surface area contributed by atoms with Gasteiger partial charge in [0, 0.05) is 0 Å². The van der Waals surface area contributed by atoms with Crippen LogP contribution in [0.1, 0.15) is 48.5 Å². The summed E-state index contributed by atoms with van der Waals surface area (Å²) in [4.78, 5) is 18.2. The van der Waals surface area contributed by atoms with Crippen LogP contribution in [0.15, 0.2) is 0 Å². The first-order chi connectivity index (χ1) is 6.84. The van der Waals surface area contributed by atoms with E-state index >= 15 is 0 Å². The van der Waals surface area contributed by atoms with Crippen molar-refractivity contribution in [3.63, 3.8) is 0 Å². The molecule has 2 N–H and O–H groups in total. The molecule has 0 heterocycles. The van der Waals surface area contributed by atoms with Crippen LogP contribution in [0.3, 0.4) is 0 Å². The molecule has 0 spiro atoms. The van der Waals surface area contributed by atoms with Gasteiger partial charge >= 0.3 is 7.82 Å². The molecule has 0 aliphatic rings. The molecule has 0 saturated heterocycles. The minimum Gasteiger partial charge on any atom is -0.303 e. The lowest BCUT2D eigenvalue weighted by atomic mass is 9.64. The molecule has 0 aliphatic carbocycles. The molecule has 98 valence electrons. The van der Waals surface area contributed by atoms with E-state index in [0.717, 1.165) is 0 Å². The van der Waals surface area contributed by atoms with Gasteiger partial charge in [-0.2, -0.15) is 0 Å². The van der Waals surface area contributed by atoms with Crippen LogP contribution in [0.4, 0.5) is 0 Å². The van der Waals surface area contributed by atoms with Gasteiger partial charge in [-0.1, -0.05) is 48.5 Å². The molecule has 0 rings (SSSR count). The summed E-state index contributed by atoms with van der Waals surface area (Å²) in [5.74, 6) is 0.0280. The molecule has 0 unspecified atom stereocenters. The lowest BCUT2D eigenvalue weighted by molar-refractivity contribution is -0.120. The third-order valence-electron chi connectivity index (χ3n) is 3.16. The molecule has 0 aromatic carbocycles. The Morgan fingerprint density at radius 2 is 1.31 bits per heavy atom.